The molecule has 1 saturated carbocycles. The first-order valence-corrected chi connectivity index (χ1v) is 9.13. The predicted molar refractivity (Wildman–Crippen MR) is 96.3 cm³/mol. The summed E-state index contributed by atoms with van der Waals surface area (Å²) in [6.07, 6.45) is 5.25. The molecule has 128 valence electrons. The number of ether oxygens (including phenoxy) is 2. The van der Waals surface area contributed by atoms with Crippen molar-refractivity contribution in [2.75, 3.05) is 6.61 Å². The number of rotatable bonds is 8. The van der Waals surface area contributed by atoms with Gasteiger partial charge in [-0.05, 0) is 50.8 Å². The number of benzene rings is 2. The van der Waals surface area contributed by atoms with Crippen molar-refractivity contribution in [2.45, 2.75) is 51.8 Å². The summed E-state index contributed by atoms with van der Waals surface area (Å²) in [4.78, 5) is 0. The topological polar surface area (TPSA) is 35.1 Å². The molecule has 2 aromatic rings. The van der Waals surface area contributed by atoms with Crippen LogP contribution < -0.4 is 14.8 Å². The zero-order valence-electron chi connectivity index (χ0n) is 14.5. The molecule has 0 saturated heterocycles. The number of quaternary nitrogens is 1. The summed E-state index contributed by atoms with van der Waals surface area (Å²) in [6, 6.07) is 16.9. The molecule has 0 aliphatic heterocycles. The Hall–Kier alpha value is -2.00. The second kappa shape index (κ2) is 8.74. The largest absolute Gasteiger partial charge is 0.490 e. The zero-order valence-corrected chi connectivity index (χ0v) is 14.5. The van der Waals surface area contributed by atoms with Gasteiger partial charge >= 0.3 is 0 Å². The molecule has 0 radical (unpaired) electrons. The zero-order chi connectivity index (χ0) is 16.6. The highest BCUT2D eigenvalue weighted by atomic mass is 16.5. The maximum Gasteiger partial charge on any atom is 0.161 e. The van der Waals surface area contributed by atoms with E-state index in [0.29, 0.717) is 12.7 Å². The lowest BCUT2D eigenvalue weighted by Gasteiger charge is -2.17. The average molecular weight is 326 g/mol. The highest BCUT2D eigenvalue weighted by molar-refractivity contribution is 5.43. The van der Waals surface area contributed by atoms with E-state index in [2.05, 4.69) is 53.8 Å². The van der Waals surface area contributed by atoms with Gasteiger partial charge in [0.1, 0.15) is 13.1 Å². The smallest absolute Gasteiger partial charge is 0.161 e. The third-order valence-corrected chi connectivity index (χ3v) is 4.51. The van der Waals surface area contributed by atoms with Gasteiger partial charge in [0, 0.05) is 11.1 Å². The van der Waals surface area contributed by atoms with Gasteiger partial charge < -0.3 is 14.8 Å². The third kappa shape index (κ3) is 4.75. The van der Waals surface area contributed by atoms with E-state index in [1.54, 1.807) is 0 Å². The number of hydrogen-bond acceptors (Lipinski definition) is 2. The van der Waals surface area contributed by atoms with Crippen molar-refractivity contribution < 1.29 is 14.8 Å². The molecule has 0 amide bonds. The van der Waals surface area contributed by atoms with Crippen LogP contribution in [0.3, 0.4) is 0 Å². The molecule has 0 unspecified atom stereocenters. The van der Waals surface area contributed by atoms with Gasteiger partial charge in [-0.2, -0.15) is 0 Å². The van der Waals surface area contributed by atoms with Gasteiger partial charge in [-0.1, -0.05) is 30.3 Å². The molecule has 0 spiro atoms. The van der Waals surface area contributed by atoms with Crippen molar-refractivity contribution in [3.63, 3.8) is 0 Å². The molecular weight excluding hydrogens is 298 g/mol. The van der Waals surface area contributed by atoms with E-state index in [9.17, 15) is 0 Å². The van der Waals surface area contributed by atoms with Crippen LogP contribution in [0.15, 0.2) is 48.5 Å². The van der Waals surface area contributed by atoms with E-state index < -0.39 is 0 Å². The maximum absolute atomic E-state index is 6.15. The molecular formula is C21H28NO2+. The fourth-order valence-corrected chi connectivity index (χ4v) is 3.25. The highest BCUT2D eigenvalue weighted by Crippen LogP contribution is 2.32. The first kappa shape index (κ1) is 16.8. The summed E-state index contributed by atoms with van der Waals surface area (Å²) in [5.74, 6) is 1.78. The Morgan fingerprint density at radius 3 is 2.42 bits per heavy atom. The summed E-state index contributed by atoms with van der Waals surface area (Å²) < 4.78 is 12.0. The van der Waals surface area contributed by atoms with E-state index in [4.69, 9.17) is 9.47 Å². The minimum atomic E-state index is 0.361. The van der Waals surface area contributed by atoms with Gasteiger partial charge in [-0.15, -0.1) is 0 Å². The summed E-state index contributed by atoms with van der Waals surface area (Å²) in [5.41, 5.74) is 2.62. The van der Waals surface area contributed by atoms with Crippen molar-refractivity contribution in [3.05, 3.63) is 59.7 Å². The minimum Gasteiger partial charge on any atom is -0.490 e. The summed E-state index contributed by atoms with van der Waals surface area (Å²) in [5, 5.41) is 2.32. The Morgan fingerprint density at radius 2 is 1.67 bits per heavy atom. The molecule has 0 heterocycles. The van der Waals surface area contributed by atoms with E-state index in [0.717, 1.165) is 37.4 Å². The van der Waals surface area contributed by atoms with Gasteiger partial charge in [-0.25, -0.2) is 0 Å². The quantitative estimate of drug-likeness (QED) is 0.803. The predicted octanol–water partition coefficient (Wildman–Crippen LogP) is 3.67. The van der Waals surface area contributed by atoms with Gasteiger partial charge in [0.15, 0.2) is 11.5 Å². The van der Waals surface area contributed by atoms with Crippen LogP contribution in [0.5, 0.6) is 11.5 Å². The average Bonchev–Trinajstić information content (AvgIpc) is 3.11. The fourth-order valence-electron chi connectivity index (χ4n) is 3.25. The lowest BCUT2D eigenvalue weighted by Crippen LogP contribution is -2.80. The van der Waals surface area contributed by atoms with Crippen LogP contribution in [0, 0.1) is 0 Å². The van der Waals surface area contributed by atoms with Crippen molar-refractivity contribution >= 4 is 0 Å². The fraction of sp³-hybridized carbons (Fsp3) is 0.429. The molecule has 0 aromatic heterocycles. The normalized spacial score (nSPS) is 14.7. The van der Waals surface area contributed by atoms with E-state index >= 15 is 0 Å². The van der Waals surface area contributed by atoms with Crippen LogP contribution in [0.25, 0.3) is 0 Å². The molecule has 0 bridgehead atoms. The molecule has 1 aliphatic rings. The van der Waals surface area contributed by atoms with Crippen LogP contribution in [0.1, 0.15) is 43.7 Å². The van der Waals surface area contributed by atoms with Gasteiger partial charge in [0.2, 0.25) is 0 Å². The molecule has 1 fully saturated rings. The third-order valence-electron chi connectivity index (χ3n) is 4.51. The van der Waals surface area contributed by atoms with Crippen LogP contribution in [-0.2, 0) is 13.1 Å². The summed E-state index contributed by atoms with van der Waals surface area (Å²) in [7, 11) is 0. The molecule has 3 heteroatoms. The number of hydrogen-bond donors (Lipinski definition) is 1. The van der Waals surface area contributed by atoms with Crippen LogP contribution >= 0.6 is 0 Å². The van der Waals surface area contributed by atoms with Crippen LogP contribution in [0.4, 0.5) is 0 Å². The van der Waals surface area contributed by atoms with Crippen molar-refractivity contribution in [3.8, 4) is 11.5 Å². The first-order valence-electron chi connectivity index (χ1n) is 9.13. The van der Waals surface area contributed by atoms with Gasteiger partial charge in [0.25, 0.3) is 0 Å². The van der Waals surface area contributed by atoms with Crippen LogP contribution in [-0.4, -0.2) is 12.7 Å². The molecule has 3 nitrogen and oxygen atoms in total. The standard InChI is InChI=1S/C21H27NO2/c1-2-23-21-14-18(16-22-15-17-8-4-3-5-9-17)12-13-20(21)24-19-10-6-7-11-19/h3-5,8-9,12-14,19,22H,2,6-7,10-11,15-16H2,1H3/p+1. The monoisotopic (exact) mass is 326 g/mol. The highest BCUT2D eigenvalue weighted by Gasteiger charge is 2.18. The second-order valence-corrected chi connectivity index (χ2v) is 6.42. The summed E-state index contributed by atoms with van der Waals surface area (Å²) in [6.45, 7) is 4.62. The van der Waals surface area contributed by atoms with Gasteiger partial charge in [0.05, 0.1) is 12.7 Å². The van der Waals surface area contributed by atoms with E-state index in [1.807, 2.05) is 6.92 Å². The lowest BCUT2D eigenvalue weighted by atomic mass is 10.1. The van der Waals surface area contributed by atoms with E-state index in [-0.39, 0.29) is 0 Å². The molecule has 0 atom stereocenters. The Labute approximate surface area is 145 Å². The molecule has 1 aliphatic carbocycles. The summed E-state index contributed by atoms with van der Waals surface area (Å²) >= 11 is 0. The van der Waals surface area contributed by atoms with Crippen LogP contribution in [0.2, 0.25) is 0 Å². The van der Waals surface area contributed by atoms with Gasteiger partial charge in [-0.3, -0.25) is 0 Å². The van der Waals surface area contributed by atoms with Crippen molar-refractivity contribution in [1.82, 2.24) is 0 Å². The maximum atomic E-state index is 6.15. The Kier molecular flexibility index (Phi) is 6.13. The first-order chi connectivity index (χ1) is 11.8. The SMILES string of the molecule is CCOc1cc(C[NH2+]Cc2ccccc2)ccc1OC1CCCC1. The Morgan fingerprint density at radius 1 is 0.917 bits per heavy atom. The van der Waals surface area contributed by atoms with Crippen molar-refractivity contribution in [2.24, 2.45) is 0 Å². The number of nitrogens with two attached hydrogens (primary N) is 1. The molecule has 3 rings (SSSR count). The molecule has 2 N–H and O–H groups in total. The molecule has 24 heavy (non-hydrogen) atoms. The minimum absolute atomic E-state index is 0.361. The lowest BCUT2D eigenvalue weighted by molar-refractivity contribution is -0.686. The molecule has 2 aromatic carbocycles. The van der Waals surface area contributed by atoms with Crippen molar-refractivity contribution in [1.29, 1.82) is 0 Å². The second-order valence-electron chi connectivity index (χ2n) is 6.42. The Balaban J connectivity index is 1.60. The van der Waals surface area contributed by atoms with E-state index in [1.165, 1.54) is 24.0 Å². The Bertz CT molecular complexity index is 621.